The van der Waals surface area contributed by atoms with Crippen molar-refractivity contribution < 1.29 is 13.6 Å². The van der Waals surface area contributed by atoms with Crippen LogP contribution in [0, 0.1) is 17.2 Å². The van der Waals surface area contributed by atoms with E-state index in [1.165, 1.54) is 6.07 Å². The van der Waals surface area contributed by atoms with Gasteiger partial charge in [-0.05, 0) is 49.9 Å². The van der Waals surface area contributed by atoms with Crippen LogP contribution in [-0.4, -0.2) is 30.5 Å². The number of fused-ring (bicyclic) bond motifs is 1. The van der Waals surface area contributed by atoms with Crippen LogP contribution in [0.5, 0.6) is 0 Å². The van der Waals surface area contributed by atoms with Gasteiger partial charge in [0, 0.05) is 29.1 Å². The second-order valence-electron chi connectivity index (χ2n) is 6.73. The molecule has 1 aliphatic rings. The minimum absolute atomic E-state index is 0.0319. The second-order valence-corrected chi connectivity index (χ2v) is 6.73. The number of carbonyl (C=O) groups is 1. The lowest BCUT2D eigenvalue weighted by atomic mass is 9.74. The number of H-pyrrole nitrogens is 1. The van der Waals surface area contributed by atoms with Crippen LogP contribution in [0.15, 0.2) is 24.4 Å². The Labute approximate surface area is 134 Å². The molecule has 0 saturated carbocycles. The fraction of sp³-hybridized carbons (Fsp3) is 0.500. The van der Waals surface area contributed by atoms with E-state index in [-0.39, 0.29) is 18.4 Å². The quantitative estimate of drug-likeness (QED) is 0.794. The highest BCUT2D eigenvalue weighted by Crippen LogP contribution is 2.37. The van der Waals surface area contributed by atoms with Crippen molar-refractivity contribution in [3.8, 4) is 0 Å². The number of Topliss-reactive ketones (excluding diaryl/α,β-unsaturated/α-hetero) is 1. The molecular formula is C18H22F2N2O. The second kappa shape index (κ2) is 6.40. The Hall–Kier alpha value is -1.75. The summed E-state index contributed by atoms with van der Waals surface area (Å²) in [6, 6.07) is 4.83. The maximum absolute atomic E-state index is 14.2. The Morgan fingerprint density at radius 1 is 1.43 bits per heavy atom. The summed E-state index contributed by atoms with van der Waals surface area (Å²) in [6.07, 6.45) is 3.69. The van der Waals surface area contributed by atoms with Crippen molar-refractivity contribution in [2.75, 3.05) is 19.8 Å². The summed E-state index contributed by atoms with van der Waals surface area (Å²) in [5.74, 6) is -0.492. The first kappa shape index (κ1) is 16.1. The standard InChI is InChI=1S/C18H22F2N2O/c1-12(10-19)2-4-18(5-7-21-11-18)17(23)14-8-13-3-6-22-16(13)15(20)9-14/h3,6,8-9,12,21-22H,2,4-5,7,10-11H2,1H3/t12?,18-/m0/s1. The predicted octanol–water partition coefficient (Wildman–Crippen LogP) is 3.86. The maximum Gasteiger partial charge on any atom is 0.170 e. The molecule has 1 aromatic heterocycles. The van der Waals surface area contributed by atoms with E-state index in [0.29, 0.717) is 35.9 Å². The molecule has 3 nitrogen and oxygen atoms in total. The van der Waals surface area contributed by atoms with E-state index in [0.717, 1.165) is 13.0 Å². The normalized spacial score (nSPS) is 22.6. The summed E-state index contributed by atoms with van der Waals surface area (Å²) in [4.78, 5) is 15.9. The van der Waals surface area contributed by atoms with Crippen molar-refractivity contribution in [2.45, 2.75) is 26.2 Å². The first-order valence-corrected chi connectivity index (χ1v) is 8.14. The summed E-state index contributed by atoms with van der Waals surface area (Å²) in [5, 5.41) is 3.94. The van der Waals surface area contributed by atoms with Crippen LogP contribution in [0.4, 0.5) is 8.78 Å². The van der Waals surface area contributed by atoms with Crippen LogP contribution in [0.25, 0.3) is 10.9 Å². The summed E-state index contributed by atoms with van der Waals surface area (Å²) in [7, 11) is 0. The van der Waals surface area contributed by atoms with E-state index in [1.807, 2.05) is 6.92 Å². The Bertz CT molecular complexity index is 704. The van der Waals surface area contributed by atoms with Crippen LogP contribution in [0.1, 0.15) is 36.5 Å². The number of benzene rings is 1. The predicted molar refractivity (Wildman–Crippen MR) is 86.9 cm³/mol. The van der Waals surface area contributed by atoms with Crippen LogP contribution in [0.2, 0.25) is 0 Å². The molecule has 0 aliphatic carbocycles. The molecule has 2 atom stereocenters. The molecule has 5 heteroatoms. The van der Waals surface area contributed by atoms with Gasteiger partial charge in [0.2, 0.25) is 0 Å². The summed E-state index contributed by atoms with van der Waals surface area (Å²) >= 11 is 0. The lowest BCUT2D eigenvalue weighted by Gasteiger charge is -2.28. The number of hydrogen-bond acceptors (Lipinski definition) is 2. The van der Waals surface area contributed by atoms with Gasteiger partial charge in [0.1, 0.15) is 5.82 Å². The number of alkyl halides is 1. The van der Waals surface area contributed by atoms with Crippen LogP contribution < -0.4 is 5.32 Å². The minimum Gasteiger partial charge on any atom is -0.359 e. The van der Waals surface area contributed by atoms with Crippen molar-refractivity contribution in [1.82, 2.24) is 10.3 Å². The van der Waals surface area contributed by atoms with Gasteiger partial charge in [0.05, 0.1) is 12.2 Å². The van der Waals surface area contributed by atoms with Crippen LogP contribution in [0.3, 0.4) is 0 Å². The average molecular weight is 320 g/mol. The van der Waals surface area contributed by atoms with E-state index < -0.39 is 11.2 Å². The minimum atomic E-state index is -0.542. The molecule has 124 valence electrons. The third-order valence-electron chi connectivity index (χ3n) is 4.98. The van der Waals surface area contributed by atoms with Gasteiger partial charge < -0.3 is 10.3 Å². The number of carbonyl (C=O) groups excluding carboxylic acids is 1. The lowest BCUT2D eigenvalue weighted by Crippen LogP contribution is -2.34. The molecule has 1 fully saturated rings. The summed E-state index contributed by atoms with van der Waals surface area (Å²) < 4.78 is 26.9. The molecule has 1 aromatic carbocycles. The van der Waals surface area contributed by atoms with Crippen molar-refractivity contribution in [3.63, 3.8) is 0 Å². The van der Waals surface area contributed by atoms with Gasteiger partial charge in [-0.1, -0.05) is 6.92 Å². The Morgan fingerprint density at radius 3 is 2.96 bits per heavy atom. The highest BCUT2D eigenvalue weighted by molar-refractivity contribution is 6.03. The third kappa shape index (κ3) is 3.02. The number of halogens is 2. The Kier molecular flexibility index (Phi) is 4.48. The fourth-order valence-corrected chi connectivity index (χ4v) is 3.43. The molecule has 23 heavy (non-hydrogen) atoms. The molecule has 1 unspecified atom stereocenters. The molecule has 0 spiro atoms. The number of aromatic nitrogens is 1. The fourth-order valence-electron chi connectivity index (χ4n) is 3.43. The largest absolute Gasteiger partial charge is 0.359 e. The van der Waals surface area contributed by atoms with Crippen LogP contribution >= 0.6 is 0 Å². The van der Waals surface area contributed by atoms with E-state index in [4.69, 9.17) is 0 Å². The zero-order chi connectivity index (χ0) is 16.4. The van der Waals surface area contributed by atoms with Crippen molar-refractivity contribution in [3.05, 3.63) is 35.8 Å². The van der Waals surface area contributed by atoms with E-state index in [9.17, 15) is 13.6 Å². The molecule has 3 rings (SSSR count). The van der Waals surface area contributed by atoms with Crippen molar-refractivity contribution in [2.24, 2.45) is 11.3 Å². The average Bonchev–Trinajstić information content (AvgIpc) is 3.21. The third-order valence-corrected chi connectivity index (χ3v) is 4.98. The van der Waals surface area contributed by atoms with Gasteiger partial charge in [-0.2, -0.15) is 0 Å². The molecular weight excluding hydrogens is 298 g/mol. The summed E-state index contributed by atoms with van der Waals surface area (Å²) in [6.45, 7) is 2.83. The van der Waals surface area contributed by atoms with E-state index >= 15 is 0 Å². The SMILES string of the molecule is CC(CF)CC[C@]1(C(=O)c2cc(F)c3[nH]ccc3c2)CCNC1. The zero-order valence-electron chi connectivity index (χ0n) is 13.3. The summed E-state index contributed by atoms with van der Waals surface area (Å²) in [5.41, 5.74) is 0.289. The molecule has 2 aromatic rings. The number of rotatable bonds is 6. The molecule has 2 heterocycles. The van der Waals surface area contributed by atoms with Crippen molar-refractivity contribution >= 4 is 16.7 Å². The highest BCUT2D eigenvalue weighted by Gasteiger charge is 2.41. The highest BCUT2D eigenvalue weighted by atomic mass is 19.1. The van der Waals surface area contributed by atoms with E-state index in [1.54, 1.807) is 18.3 Å². The van der Waals surface area contributed by atoms with Gasteiger partial charge in [-0.15, -0.1) is 0 Å². The molecule has 0 amide bonds. The molecule has 0 radical (unpaired) electrons. The van der Waals surface area contributed by atoms with Gasteiger partial charge in [0.15, 0.2) is 5.78 Å². The first-order valence-electron chi connectivity index (χ1n) is 8.14. The number of aromatic amines is 1. The molecule has 0 bridgehead atoms. The Balaban J connectivity index is 1.90. The molecule has 1 aliphatic heterocycles. The molecule has 2 N–H and O–H groups in total. The topological polar surface area (TPSA) is 44.9 Å². The smallest absolute Gasteiger partial charge is 0.170 e. The van der Waals surface area contributed by atoms with Gasteiger partial charge in [0.25, 0.3) is 0 Å². The maximum atomic E-state index is 14.2. The van der Waals surface area contributed by atoms with Gasteiger partial charge >= 0.3 is 0 Å². The van der Waals surface area contributed by atoms with Crippen molar-refractivity contribution in [1.29, 1.82) is 0 Å². The lowest BCUT2D eigenvalue weighted by molar-refractivity contribution is 0.0790. The molecule has 1 saturated heterocycles. The zero-order valence-corrected chi connectivity index (χ0v) is 13.3. The Morgan fingerprint density at radius 2 is 2.26 bits per heavy atom. The first-order chi connectivity index (χ1) is 11.1. The van der Waals surface area contributed by atoms with E-state index in [2.05, 4.69) is 10.3 Å². The van der Waals surface area contributed by atoms with Crippen LogP contribution in [-0.2, 0) is 0 Å². The monoisotopic (exact) mass is 320 g/mol. The number of ketones is 1. The van der Waals surface area contributed by atoms with Gasteiger partial charge in [-0.25, -0.2) is 4.39 Å². The number of hydrogen-bond donors (Lipinski definition) is 2. The number of nitrogens with one attached hydrogen (secondary N) is 2. The van der Waals surface area contributed by atoms with Gasteiger partial charge in [-0.3, -0.25) is 9.18 Å².